The fourth-order valence-electron chi connectivity index (χ4n) is 4.06. The molecule has 0 amide bonds. The van der Waals surface area contributed by atoms with Crippen molar-refractivity contribution in [2.75, 3.05) is 0 Å². The zero-order valence-corrected chi connectivity index (χ0v) is 21.9. The molecule has 0 aliphatic heterocycles. The third-order valence-corrected chi connectivity index (χ3v) is 21.0. The van der Waals surface area contributed by atoms with Crippen LogP contribution in [0.15, 0.2) is 121 Å². The van der Waals surface area contributed by atoms with Gasteiger partial charge >= 0.3 is 0 Å². The van der Waals surface area contributed by atoms with E-state index in [-0.39, 0.29) is 0 Å². The first-order valence-corrected chi connectivity index (χ1v) is 19.2. The van der Waals surface area contributed by atoms with Crippen LogP contribution in [0.25, 0.3) is 0 Å². The zero-order valence-electron chi connectivity index (χ0n) is 16.7. The highest BCUT2D eigenvalue weighted by molar-refractivity contribution is 9.27. The maximum Gasteiger partial charge on any atom is 0.190 e. The maximum absolute atomic E-state index is 4.34. The van der Waals surface area contributed by atoms with Gasteiger partial charge in [0.1, 0.15) is 0 Å². The van der Waals surface area contributed by atoms with Crippen LogP contribution >= 0.6 is 30.6 Å². The normalized spacial score (nSPS) is 11.9. The summed E-state index contributed by atoms with van der Waals surface area (Å²) in [4.78, 5) is 0. The molecule has 0 heterocycles. The van der Waals surface area contributed by atoms with E-state index in [1.165, 1.54) is 20.7 Å². The molecule has 0 radical (unpaired) electrons. The lowest BCUT2D eigenvalue weighted by Gasteiger charge is -2.32. The Hall–Kier alpha value is -1.73. The summed E-state index contributed by atoms with van der Waals surface area (Å²) in [5.74, 6) is 0. The minimum Gasteiger partial charge on any atom is -0.114 e. The summed E-state index contributed by atoms with van der Waals surface area (Å²) in [6.45, 7) is -4.12. The summed E-state index contributed by atoms with van der Waals surface area (Å²) in [6.07, 6.45) is 0. The van der Waals surface area contributed by atoms with Crippen LogP contribution in [0.5, 0.6) is 0 Å². The zero-order chi connectivity index (χ0) is 20.9. The van der Waals surface area contributed by atoms with Gasteiger partial charge in [-0.2, -0.15) is 0 Å². The topological polar surface area (TPSA) is 0 Å². The van der Waals surface area contributed by atoms with Crippen molar-refractivity contribution in [2.24, 2.45) is 0 Å². The van der Waals surface area contributed by atoms with Crippen LogP contribution in [0.1, 0.15) is 0 Å². The summed E-state index contributed by atoms with van der Waals surface area (Å²) < 4.78 is 0. The minimum absolute atomic E-state index is 1.13. The Labute approximate surface area is 197 Å². The van der Waals surface area contributed by atoms with Crippen LogP contribution in [0.2, 0.25) is 12.1 Å². The Balaban J connectivity index is 1.76. The first-order valence-electron chi connectivity index (χ1n) is 10.2. The first-order chi connectivity index (χ1) is 14.6. The summed E-state index contributed by atoms with van der Waals surface area (Å²) in [5, 5.41) is 5.73. The van der Waals surface area contributed by atoms with Gasteiger partial charge in [0, 0.05) is 0 Å². The fourth-order valence-corrected chi connectivity index (χ4v) is 18.3. The van der Waals surface area contributed by atoms with E-state index in [1.807, 2.05) is 0 Å². The van der Waals surface area contributed by atoms with Gasteiger partial charge in [0.2, 0.25) is 0 Å². The molecular formula is C26H24Br2Si2. The van der Waals surface area contributed by atoms with Gasteiger partial charge in [0.05, 0.1) is 0 Å². The molecule has 4 aromatic carbocycles. The lowest BCUT2D eigenvalue weighted by atomic mass is 10.4. The SMILES string of the molecule is Br[Si](CC[Si](Br)(c1ccccc1)c1ccccc1)(c1ccccc1)c1ccccc1. The van der Waals surface area contributed by atoms with Crippen molar-refractivity contribution < 1.29 is 0 Å². The first kappa shape index (κ1) is 21.5. The van der Waals surface area contributed by atoms with Gasteiger partial charge in [0.15, 0.2) is 13.4 Å². The van der Waals surface area contributed by atoms with E-state index >= 15 is 0 Å². The lowest BCUT2D eigenvalue weighted by molar-refractivity contribution is 1.37. The molecule has 0 N–H and O–H groups in total. The summed E-state index contributed by atoms with van der Waals surface area (Å²) in [6, 6.07) is 46.3. The molecule has 4 rings (SSSR count). The van der Waals surface area contributed by atoms with Crippen molar-refractivity contribution in [1.29, 1.82) is 0 Å². The van der Waals surface area contributed by atoms with Gasteiger partial charge in [-0.1, -0.05) is 121 Å². The van der Waals surface area contributed by atoms with Crippen molar-refractivity contribution in [3.63, 3.8) is 0 Å². The molecule has 0 aliphatic rings. The molecule has 4 heteroatoms. The summed E-state index contributed by atoms with van der Waals surface area (Å²) >= 11 is 8.68. The van der Waals surface area contributed by atoms with Crippen LogP contribution in [0.4, 0.5) is 0 Å². The Morgan fingerprint density at radius 3 is 0.767 bits per heavy atom. The van der Waals surface area contributed by atoms with Gasteiger partial charge in [-0.15, -0.1) is 30.6 Å². The highest BCUT2D eigenvalue weighted by Gasteiger charge is 2.41. The Bertz CT molecular complexity index is 887. The molecule has 0 nitrogen and oxygen atoms in total. The molecule has 0 atom stereocenters. The summed E-state index contributed by atoms with van der Waals surface area (Å²) in [7, 11) is 0. The van der Waals surface area contributed by atoms with Gasteiger partial charge in [-0.3, -0.25) is 0 Å². The number of rotatable bonds is 7. The molecule has 0 spiro atoms. The molecule has 4 aromatic rings. The molecule has 150 valence electrons. The predicted octanol–water partition coefficient (Wildman–Crippen LogP) is 5.30. The lowest BCUT2D eigenvalue weighted by Crippen LogP contribution is -2.58. The van der Waals surface area contributed by atoms with Gasteiger partial charge < -0.3 is 0 Å². The highest BCUT2D eigenvalue weighted by atomic mass is 79.9. The van der Waals surface area contributed by atoms with E-state index < -0.39 is 13.4 Å². The molecule has 30 heavy (non-hydrogen) atoms. The van der Waals surface area contributed by atoms with Gasteiger partial charge in [0.25, 0.3) is 0 Å². The Morgan fingerprint density at radius 1 is 0.367 bits per heavy atom. The van der Waals surface area contributed by atoms with E-state index in [0.29, 0.717) is 0 Å². The molecule has 0 bridgehead atoms. The monoisotopic (exact) mass is 550 g/mol. The molecule has 0 aromatic heterocycles. The van der Waals surface area contributed by atoms with Crippen LogP contribution in [-0.4, -0.2) is 13.4 Å². The minimum atomic E-state index is -2.06. The average molecular weight is 552 g/mol. The van der Waals surface area contributed by atoms with Crippen molar-refractivity contribution >= 4 is 64.7 Å². The van der Waals surface area contributed by atoms with Crippen molar-refractivity contribution in [3.8, 4) is 0 Å². The predicted molar refractivity (Wildman–Crippen MR) is 143 cm³/mol. The van der Waals surface area contributed by atoms with Crippen LogP contribution in [-0.2, 0) is 0 Å². The molecule has 0 saturated heterocycles. The van der Waals surface area contributed by atoms with Gasteiger partial charge in [-0.05, 0) is 32.8 Å². The van der Waals surface area contributed by atoms with Crippen molar-refractivity contribution in [1.82, 2.24) is 0 Å². The van der Waals surface area contributed by atoms with Crippen LogP contribution < -0.4 is 20.7 Å². The Morgan fingerprint density at radius 2 is 0.567 bits per heavy atom. The van der Waals surface area contributed by atoms with E-state index in [2.05, 4.69) is 152 Å². The molecular weight excluding hydrogens is 528 g/mol. The van der Waals surface area contributed by atoms with Gasteiger partial charge in [-0.25, -0.2) is 0 Å². The van der Waals surface area contributed by atoms with Crippen LogP contribution in [0.3, 0.4) is 0 Å². The van der Waals surface area contributed by atoms with E-state index in [9.17, 15) is 0 Å². The van der Waals surface area contributed by atoms with Crippen molar-refractivity contribution in [2.45, 2.75) is 12.1 Å². The average Bonchev–Trinajstić information content (AvgIpc) is 2.84. The second kappa shape index (κ2) is 9.60. The van der Waals surface area contributed by atoms with E-state index in [0.717, 1.165) is 12.1 Å². The maximum atomic E-state index is 4.34. The van der Waals surface area contributed by atoms with E-state index in [4.69, 9.17) is 0 Å². The smallest absolute Gasteiger partial charge is 0.114 e. The molecule has 0 aliphatic carbocycles. The second-order valence-electron chi connectivity index (χ2n) is 7.57. The Kier molecular flexibility index (Phi) is 6.88. The van der Waals surface area contributed by atoms with Crippen molar-refractivity contribution in [3.05, 3.63) is 121 Å². The van der Waals surface area contributed by atoms with E-state index in [1.54, 1.807) is 0 Å². The number of halogens is 2. The largest absolute Gasteiger partial charge is 0.190 e. The quantitative estimate of drug-likeness (QED) is 0.216. The fraction of sp³-hybridized carbons (Fsp3) is 0.0769. The summed E-state index contributed by atoms with van der Waals surface area (Å²) in [5.41, 5.74) is 0. The molecule has 0 unspecified atom stereocenters. The number of benzene rings is 4. The number of hydrogen-bond acceptors (Lipinski definition) is 0. The third-order valence-electron chi connectivity index (χ3n) is 5.74. The number of hydrogen-bond donors (Lipinski definition) is 0. The second-order valence-corrected chi connectivity index (χ2v) is 22.2. The third kappa shape index (κ3) is 4.47. The molecule has 0 fully saturated rings. The standard InChI is InChI=1S/C26H24Br2Si2/c27-29(23-13-5-1-6-14-23,24-15-7-2-8-16-24)21-22-30(28,25-17-9-3-10-18-25)26-19-11-4-12-20-26/h1-20H,21-22H2. The van der Waals surface area contributed by atoms with Crippen LogP contribution in [0, 0.1) is 0 Å². The molecule has 0 saturated carbocycles. The highest BCUT2D eigenvalue weighted by Crippen LogP contribution is 2.28.